The molecule has 7 rings (SSSR count). The number of piperidine rings is 2. The molecule has 3 saturated heterocycles. The van der Waals surface area contributed by atoms with E-state index in [0.717, 1.165) is 50.2 Å². The number of hydrogen-bond donors (Lipinski definition) is 0. The van der Waals surface area contributed by atoms with E-state index < -0.39 is 0 Å². The number of aromatic nitrogens is 2. The number of nitrogens with zero attached hydrogens (tertiary/aromatic N) is 4. The number of benzene rings is 2. The Morgan fingerprint density at radius 1 is 0.950 bits per heavy atom. The van der Waals surface area contributed by atoms with Crippen LogP contribution in [0.3, 0.4) is 0 Å². The van der Waals surface area contributed by atoms with Gasteiger partial charge in [0, 0.05) is 31.2 Å². The number of hydrogen-bond acceptors (Lipinski definition) is 4. The number of para-hydroxylation sites is 2. The normalized spacial score (nSPS) is 24.6. The summed E-state index contributed by atoms with van der Waals surface area (Å²) in [4.78, 5) is 22.8. The molecule has 2 aromatic carbocycles. The van der Waals surface area contributed by atoms with Gasteiger partial charge in [-0.1, -0.05) is 42.5 Å². The Morgan fingerprint density at radius 2 is 1.65 bits per heavy atom. The summed E-state index contributed by atoms with van der Waals surface area (Å²) in [5.74, 6) is 1.56. The molecule has 3 atom stereocenters. The molecular formula is C33H37BrN4O2. The van der Waals surface area contributed by atoms with Gasteiger partial charge in [0.2, 0.25) is 0 Å². The van der Waals surface area contributed by atoms with Gasteiger partial charge in [-0.3, -0.25) is 9.69 Å². The summed E-state index contributed by atoms with van der Waals surface area (Å²) in [7, 11) is 0. The maximum absolute atomic E-state index is 13.1. The molecule has 3 aliphatic heterocycles. The van der Waals surface area contributed by atoms with E-state index >= 15 is 0 Å². The second-order valence-corrected chi connectivity index (χ2v) is 12.8. The molecule has 0 radical (unpaired) electrons. The van der Waals surface area contributed by atoms with Gasteiger partial charge in [0.25, 0.3) is 5.91 Å². The van der Waals surface area contributed by atoms with Crippen LogP contribution in [0.2, 0.25) is 0 Å². The van der Waals surface area contributed by atoms with Gasteiger partial charge in [-0.15, -0.1) is 0 Å². The van der Waals surface area contributed by atoms with Crippen LogP contribution in [0.5, 0.6) is 0 Å². The number of imidazole rings is 1. The van der Waals surface area contributed by atoms with Crippen molar-refractivity contribution >= 4 is 32.9 Å². The highest BCUT2D eigenvalue weighted by Crippen LogP contribution is 2.45. The van der Waals surface area contributed by atoms with Crippen molar-refractivity contribution in [2.24, 2.45) is 0 Å². The van der Waals surface area contributed by atoms with Gasteiger partial charge < -0.3 is 13.9 Å². The lowest BCUT2D eigenvalue weighted by Gasteiger charge is -2.45. The fraction of sp³-hybridized carbons (Fsp3) is 0.455. The van der Waals surface area contributed by atoms with Crippen LogP contribution in [0.4, 0.5) is 0 Å². The van der Waals surface area contributed by atoms with Crippen LogP contribution in [-0.4, -0.2) is 57.0 Å². The van der Waals surface area contributed by atoms with E-state index in [1.807, 2.05) is 4.90 Å². The van der Waals surface area contributed by atoms with Gasteiger partial charge in [-0.05, 0) is 110 Å². The topological polar surface area (TPSA) is 54.5 Å². The highest BCUT2D eigenvalue weighted by atomic mass is 79.9. The molecule has 0 spiro atoms. The summed E-state index contributed by atoms with van der Waals surface area (Å²) < 4.78 is 8.69. The molecule has 40 heavy (non-hydrogen) atoms. The minimum absolute atomic E-state index is 0.00482. The molecule has 1 amide bonds. The molecule has 0 N–H and O–H groups in total. The van der Waals surface area contributed by atoms with Gasteiger partial charge >= 0.3 is 0 Å². The summed E-state index contributed by atoms with van der Waals surface area (Å²) in [5.41, 5.74) is 3.91. The van der Waals surface area contributed by atoms with Crippen molar-refractivity contribution in [1.29, 1.82) is 0 Å². The smallest absolute Gasteiger partial charge is 0.289 e. The standard InChI is InChI=1S/C33H37BrN4O2/c1-23-35-28-9-5-6-10-29(28)38(23)27-21-25-11-12-26(22-27)37(25)20-17-33(24-7-3-2-4-8-24)15-18-36(19-16-33)32(39)30-13-14-31(34)40-30/h2-10,13-14,25-27H,11-12,15-22H2,1H3/t25-,26+,27?. The molecule has 5 heterocycles. The van der Waals surface area contributed by atoms with E-state index in [1.54, 1.807) is 12.1 Å². The van der Waals surface area contributed by atoms with E-state index in [-0.39, 0.29) is 11.3 Å². The zero-order valence-corrected chi connectivity index (χ0v) is 24.7. The Balaban J connectivity index is 1.06. The number of furan rings is 1. The van der Waals surface area contributed by atoms with Crippen LogP contribution in [0, 0.1) is 6.92 Å². The van der Waals surface area contributed by atoms with Gasteiger partial charge in [0.1, 0.15) is 5.82 Å². The lowest BCUT2D eigenvalue weighted by Crippen LogP contribution is -2.49. The summed E-state index contributed by atoms with van der Waals surface area (Å²) in [6.07, 6.45) is 8.11. The minimum atomic E-state index is -0.00482. The zero-order valence-electron chi connectivity index (χ0n) is 23.1. The highest BCUT2D eigenvalue weighted by Gasteiger charge is 2.44. The zero-order chi connectivity index (χ0) is 27.3. The van der Waals surface area contributed by atoms with Crippen molar-refractivity contribution in [1.82, 2.24) is 19.4 Å². The van der Waals surface area contributed by atoms with Crippen LogP contribution >= 0.6 is 15.9 Å². The first-order valence-corrected chi connectivity index (χ1v) is 15.6. The second-order valence-electron chi connectivity index (χ2n) is 12.1. The summed E-state index contributed by atoms with van der Waals surface area (Å²) >= 11 is 3.33. The molecule has 2 aromatic heterocycles. The number of amides is 1. The Kier molecular flexibility index (Phi) is 6.83. The van der Waals surface area contributed by atoms with Crippen molar-refractivity contribution in [2.45, 2.75) is 75.4 Å². The Labute approximate surface area is 244 Å². The summed E-state index contributed by atoms with van der Waals surface area (Å²) in [5, 5.41) is 0. The number of fused-ring (bicyclic) bond motifs is 3. The van der Waals surface area contributed by atoms with E-state index in [9.17, 15) is 4.79 Å². The van der Waals surface area contributed by atoms with Crippen LogP contribution < -0.4 is 0 Å². The van der Waals surface area contributed by atoms with E-state index in [2.05, 4.69) is 86.9 Å². The van der Waals surface area contributed by atoms with Crippen LogP contribution in [0.15, 0.2) is 75.8 Å². The molecule has 0 saturated carbocycles. The Bertz CT molecular complexity index is 1490. The van der Waals surface area contributed by atoms with E-state index in [4.69, 9.17) is 9.40 Å². The largest absolute Gasteiger partial charge is 0.444 e. The second kappa shape index (κ2) is 10.5. The highest BCUT2D eigenvalue weighted by molar-refractivity contribution is 9.10. The van der Waals surface area contributed by atoms with E-state index in [0.29, 0.717) is 28.6 Å². The third kappa shape index (κ3) is 4.61. The molecule has 208 valence electrons. The number of rotatable bonds is 6. The van der Waals surface area contributed by atoms with Crippen molar-refractivity contribution in [3.63, 3.8) is 0 Å². The number of aryl methyl sites for hydroxylation is 1. The van der Waals surface area contributed by atoms with Crippen molar-refractivity contribution in [3.05, 3.63) is 88.5 Å². The van der Waals surface area contributed by atoms with Crippen LogP contribution in [0.1, 0.15) is 72.9 Å². The first-order valence-electron chi connectivity index (χ1n) is 14.8. The predicted molar refractivity (Wildman–Crippen MR) is 161 cm³/mol. The lowest BCUT2D eigenvalue weighted by molar-refractivity contribution is 0.0579. The molecule has 0 aliphatic carbocycles. The maximum Gasteiger partial charge on any atom is 0.289 e. The number of carbonyl (C=O) groups is 1. The predicted octanol–water partition coefficient (Wildman–Crippen LogP) is 7.13. The summed E-state index contributed by atoms with van der Waals surface area (Å²) in [6.45, 7) is 4.81. The third-order valence-electron chi connectivity index (χ3n) is 10.0. The monoisotopic (exact) mass is 600 g/mol. The van der Waals surface area contributed by atoms with Crippen molar-refractivity contribution in [2.75, 3.05) is 19.6 Å². The van der Waals surface area contributed by atoms with E-state index in [1.165, 1.54) is 36.8 Å². The summed E-state index contributed by atoms with van der Waals surface area (Å²) in [6, 6.07) is 25.0. The first kappa shape index (κ1) is 26.0. The maximum atomic E-state index is 13.1. The number of halogens is 1. The average molecular weight is 602 g/mol. The Hall–Kier alpha value is -2.90. The van der Waals surface area contributed by atoms with Gasteiger partial charge in [0.15, 0.2) is 10.4 Å². The van der Waals surface area contributed by atoms with Crippen molar-refractivity contribution in [3.8, 4) is 0 Å². The van der Waals surface area contributed by atoms with Gasteiger partial charge in [-0.2, -0.15) is 0 Å². The first-order chi connectivity index (χ1) is 19.5. The Morgan fingerprint density at radius 3 is 2.35 bits per heavy atom. The lowest BCUT2D eigenvalue weighted by atomic mass is 9.70. The third-order valence-corrected chi connectivity index (χ3v) is 10.4. The van der Waals surface area contributed by atoms with Crippen molar-refractivity contribution < 1.29 is 9.21 Å². The average Bonchev–Trinajstić information content (AvgIpc) is 3.64. The van der Waals surface area contributed by atoms with Crippen LogP contribution in [0.25, 0.3) is 11.0 Å². The quantitative estimate of drug-likeness (QED) is 0.236. The fourth-order valence-electron chi connectivity index (χ4n) is 7.99. The SMILES string of the molecule is Cc1nc2ccccc2n1C1C[C@H]2CC[C@@H](C1)N2CCC1(c2ccccc2)CCN(C(=O)c2ccc(Br)o2)CC1. The molecule has 1 unspecified atom stereocenters. The number of carbonyl (C=O) groups excluding carboxylic acids is 1. The number of likely N-dealkylation sites (tertiary alicyclic amines) is 1. The van der Waals surface area contributed by atoms with Gasteiger partial charge in [-0.25, -0.2) is 4.98 Å². The molecule has 2 bridgehead atoms. The fourth-order valence-corrected chi connectivity index (χ4v) is 8.29. The molecule has 3 fully saturated rings. The molecule has 4 aromatic rings. The molecular weight excluding hydrogens is 564 g/mol. The molecule has 6 nitrogen and oxygen atoms in total. The molecule has 7 heteroatoms. The van der Waals surface area contributed by atoms with Crippen LogP contribution in [-0.2, 0) is 5.41 Å². The minimum Gasteiger partial charge on any atom is -0.444 e. The molecule has 3 aliphatic rings. The van der Waals surface area contributed by atoms with Gasteiger partial charge in [0.05, 0.1) is 11.0 Å².